The van der Waals surface area contributed by atoms with Gasteiger partial charge in [0.25, 0.3) is 0 Å². The molecule has 2 aromatic rings. The minimum absolute atomic E-state index is 0.497. The Morgan fingerprint density at radius 1 is 0.818 bits per heavy atom. The molecule has 1 fully saturated rings. The van der Waals surface area contributed by atoms with Crippen LogP contribution in [-0.2, 0) is 0 Å². The van der Waals surface area contributed by atoms with Crippen molar-refractivity contribution in [3.63, 3.8) is 0 Å². The Morgan fingerprint density at radius 3 is 1.73 bits per heavy atom. The second-order valence-corrected chi connectivity index (χ2v) is 6.02. The summed E-state index contributed by atoms with van der Waals surface area (Å²) >= 11 is 0. The lowest BCUT2D eigenvalue weighted by Crippen LogP contribution is -2.23. The Kier molecular flexibility index (Phi) is 4.39. The molecule has 22 heavy (non-hydrogen) atoms. The zero-order valence-electron chi connectivity index (χ0n) is 13.3. The number of piperidine rings is 1. The zero-order valence-corrected chi connectivity index (χ0v) is 13.3. The van der Waals surface area contributed by atoms with Crippen LogP contribution in [0.1, 0.15) is 35.1 Å². The van der Waals surface area contributed by atoms with E-state index in [9.17, 15) is 4.48 Å². The van der Waals surface area contributed by atoms with E-state index in [4.69, 9.17) is 0 Å². The van der Waals surface area contributed by atoms with E-state index in [1.54, 1.807) is 0 Å². The lowest BCUT2D eigenvalue weighted by atomic mass is 9.85. The molecule has 0 saturated carbocycles. The van der Waals surface area contributed by atoms with Crippen molar-refractivity contribution in [2.24, 2.45) is 0 Å². The number of hydrogen-bond acceptors (Lipinski definition) is 1. The first-order chi connectivity index (χ1) is 10.7. The van der Waals surface area contributed by atoms with Gasteiger partial charge in [0.2, 0.25) is 0 Å². The van der Waals surface area contributed by atoms with Gasteiger partial charge in [-0.2, -0.15) is 0 Å². The van der Waals surface area contributed by atoms with Crippen molar-refractivity contribution in [1.82, 2.24) is 5.12 Å². The van der Waals surface area contributed by atoms with Gasteiger partial charge in [-0.1, -0.05) is 54.1 Å². The Balaban J connectivity index is 2.18. The minimum atomic E-state index is 0.497. The third-order valence-electron chi connectivity index (χ3n) is 4.49. The van der Waals surface area contributed by atoms with Crippen LogP contribution in [0.15, 0.2) is 54.1 Å². The fraction of sp³-hybridized carbons (Fsp3) is 0.300. The van der Waals surface area contributed by atoms with E-state index < -0.39 is 0 Å². The smallest absolute Gasteiger partial charge is 0.0328 e. The fourth-order valence-electron chi connectivity index (χ4n) is 3.23. The molecule has 0 N–H and O–H groups in total. The van der Waals surface area contributed by atoms with E-state index in [2.05, 4.69) is 62.4 Å². The van der Waals surface area contributed by atoms with Crippen LogP contribution in [0.25, 0.3) is 5.57 Å². The van der Waals surface area contributed by atoms with Crippen molar-refractivity contribution in [2.75, 3.05) is 13.1 Å². The maximum atomic E-state index is 13.4. The van der Waals surface area contributed by atoms with Gasteiger partial charge in [0.15, 0.2) is 0 Å². The van der Waals surface area contributed by atoms with Crippen molar-refractivity contribution in [2.45, 2.75) is 26.7 Å². The van der Waals surface area contributed by atoms with E-state index in [0.29, 0.717) is 13.1 Å². The SMILES string of the molecule is Cc1ccccc1C(=C1CCN(F)CC1)c1ccccc1C. The summed E-state index contributed by atoms with van der Waals surface area (Å²) in [4.78, 5) is 0. The first-order valence-electron chi connectivity index (χ1n) is 7.91. The molecule has 0 amide bonds. The third-order valence-corrected chi connectivity index (χ3v) is 4.49. The lowest BCUT2D eigenvalue weighted by Gasteiger charge is -2.25. The van der Waals surface area contributed by atoms with Crippen molar-refractivity contribution in [3.8, 4) is 0 Å². The summed E-state index contributed by atoms with van der Waals surface area (Å²) < 4.78 is 13.4. The van der Waals surface area contributed by atoms with E-state index in [1.165, 1.54) is 33.4 Å². The number of rotatable bonds is 2. The van der Waals surface area contributed by atoms with Crippen LogP contribution < -0.4 is 0 Å². The highest BCUT2D eigenvalue weighted by Gasteiger charge is 2.20. The monoisotopic (exact) mass is 295 g/mol. The van der Waals surface area contributed by atoms with Gasteiger partial charge in [-0.05, 0) is 54.5 Å². The molecule has 0 unspecified atom stereocenters. The molecule has 1 saturated heterocycles. The lowest BCUT2D eigenvalue weighted by molar-refractivity contribution is 0.0175. The van der Waals surface area contributed by atoms with E-state index in [0.717, 1.165) is 18.0 Å². The maximum Gasteiger partial charge on any atom is 0.0328 e. The van der Waals surface area contributed by atoms with Crippen molar-refractivity contribution >= 4 is 5.57 Å². The van der Waals surface area contributed by atoms with Gasteiger partial charge in [-0.15, -0.1) is 9.60 Å². The predicted molar refractivity (Wildman–Crippen MR) is 90.3 cm³/mol. The molecule has 114 valence electrons. The summed E-state index contributed by atoms with van der Waals surface area (Å²) in [5, 5.41) is 0.927. The summed E-state index contributed by atoms with van der Waals surface area (Å²) in [5.41, 5.74) is 7.78. The molecule has 0 spiro atoms. The van der Waals surface area contributed by atoms with Crippen LogP contribution in [0.4, 0.5) is 4.48 Å². The van der Waals surface area contributed by atoms with Gasteiger partial charge in [0, 0.05) is 13.1 Å². The average molecular weight is 295 g/mol. The summed E-state index contributed by atoms with van der Waals surface area (Å²) in [6.45, 7) is 5.30. The maximum absolute atomic E-state index is 13.4. The van der Waals surface area contributed by atoms with E-state index in [1.807, 2.05) is 0 Å². The number of hydrogen-bond donors (Lipinski definition) is 0. The third kappa shape index (κ3) is 2.97. The van der Waals surface area contributed by atoms with Gasteiger partial charge in [0.05, 0.1) is 0 Å². The van der Waals surface area contributed by atoms with Gasteiger partial charge < -0.3 is 0 Å². The van der Waals surface area contributed by atoms with Crippen molar-refractivity contribution in [3.05, 3.63) is 76.4 Å². The topological polar surface area (TPSA) is 3.24 Å². The van der Waals surface area contributed by atoms with Crippen LogP contribution in [0.2, 0.25) is 0 Å². The Morgan fingerprint density at radius 2 is 1.27 bits per heavy atom. The molecule has 2 aromatic carbocycles. The predicted octanol–water partition coefficient (Wildman–Crippen LogP) is 5.09. The molecule has 0 atom stereocenters. The van der Waals surface area contributed by atoms with Crippen LogP contribution in [0.3, 0.4) is 0 Å². The van der Waals surface area contributed by atoms with Crippen LogP contribution in [0, 0.1) is 13.8 Å². The molecule has 1 aliphatic heterocycles. The number of nitrogens with zero attached hydrogens (tertiary/aromatic N) is 1. The number of aryl methyl sites for hydroxylation is 2. The van der Waals surface area contributed by atoms with Crippen LogP contribution in [-0.4, -0.2) is 18.2 Å². The summed E-state index contributed by atoms with van der Waals surface area (Å²) in [7, 11) is 0. The average Bonchev–Trinajstić information content (AvgIpc) is 2.53. The minimum Gasteiger partial charge on any atom is -0.146 e. The molecule has 1 heterocycles. The van der Waals surface area contributed by atoms with E-state index in [-0.39, 0.29) is 0 Å². The van der Waals surface area contributed by atoms with Gasteiger partial charge in [-0.3, -0.25) is 0 Å². The summed E-state index contributed by atoms with van der Waals surface area (Å²) in [5.74, 6) is 0. The summed E-state index contributed by atoms with van der Waals surface area (Å²) in [6.07, 6.45) is 1.60. The quantitative estimate of drug-likeness (QED) is 0.698. The van der Waals surface area contributed by atoms with Crippen LogP contribution in [0.5, 0.6) is 0 Å². The van der Waals surface area contributed by atoms with Gasteiger partial charge in [-0.25, -0.2) is 0 Å². The first kappa shape index (κ1) is 15.0. The summed E-state index contributed by atoms with van der Waals surface area (Å²) in [6, 6.07) is 17.0. The normalized spacial score (nSPS) is 15.9. The van der Waals surface area contributed by atoms with Crippen molar-refractivity contribution < 1.29 is 4.48 Å². The standard InChI is InChI=1S/C20H22FN/c1-15-7-3-5-9-18(15)20(17-11-13-22(21)14-12-17)19-10-6-4-8-16(19)2/h3-10H,11-14H2,1-2H3. The second-order valence-electron chi connectivity index (χ2n) is 6.02. The Bertz CT molecular complexity index is 645. The highest BCUT2D eigenvalue weighted by Crippen LogP contribution is 2.35. The number of halogens is 1. The van der Waals surface area contributed by atoms with Crippen LogP contribution >= 0.6 is 0 Å². The molecular formula is C20H22FN. The first-order valence-corrected chi connectivity index (χ1v) is 7.91. The highest BCUT2D eigenvalue weighted by atomic mass is 19.2. The molecule has 0 aromatic heterocycles. The molecular weight excluding hydrogens is 273 g/mol. The largest absolute Gasteiger partial charge is 0.146 e. The fourth-order valence-corrected chi connectivity index (χ4v) is 3.23. The highest BCUT2D eigenvalue weighted by molar-refractivity contribution is 5.85. The Hall–Kier alpha value is -1.93. The zero-order chi connectivity index (χ0) is 15.5. The molecule has 1 aliphatic rings. The molecule has 0 radical (unpaired) electrons. The number of benzene rings is 2. The molecule has 0 bridgehead atoms. The molecule has 1 nitrogen and oxygen atoms in total. The van der Waals surface area contributed by atoms with Gasteiger partial charge >= 0.3 is 0 Å². The molecule has 0 aliphatic carbocycles. The molecule has 3 rings (SSSR count). The van der Waals surface area contributed by atoms with Crippen molar-refractivity contribution in [1.29, 1.82) is 0 Å². The second kappa shape index (κ2) is 6.45. The Labute approximate surface area is 132 Å². The van der Waals surface area contributed by atoms with E-state index >= 15 is 0 Å². The van der Waals surface area contributed by atoms with Gasteiger partial charge in [0.1, 0.15) is 0 Å². The molecule has 2 heteroatoms.